The Bertz CT molecular complexity index is 1180. The van der Waals surface area contributed by atoms with Crippen molar-refractivity contribution in [2.75, 3.05) is 11.4 Å². The summed E-state index contributed by atoms with van der Waals surface area (Å²) in [7, 11) is 1.39. The Morgan fingerprint density at radius 1 is 1.00 bits per heavy atom. The summed E-state index contributed by atoms with van der Waals surface area (Å²) in [6.07, 6.45) is 2.43. The fourth-order valence-electron chi connectivity index (χ4n) is 3.70. The summed E-state index contributed by atoms with van der Waals surface area (Å²) >= 11 is 0. The van der Waals surface area contributed by atoms with Crippen LogP contribution in [0.5, 0.6) is 0 Å². The third-order valence-electron chi connectivity index (χ3n) is 5.44. The molecule has 0 bridgehead atoms. The van der Waals surface area contributed by atoms with E-state index in [1.165, 1.54) is 40.7 Å². The number of aromatic nitrogens is 2. The second-order valence-corrected chi connectivity index (χ2v) is 7.52. The van der Waals surface area contributed by atoms with Gasteiger partial charge < -0.3 is 10.2 Å². The fraction of sp³-hybridized carbons (Fsp3) is 0.261. The van der Waals surface area contributed by atoms with E-state index in [0.717, 1.165) is 29.6 Å². The van der Waals surface area contributed by atoms with Gasteiger partial charge in [-0.25, -0.2) is 4.79 Å². The molecule has 0 aliphatic carbocycles. The molecule has 1 aromatic heterocycles. The van der Waals surface area contributed by atoms with Crippen molar-refractivity contribution >= 4 is 11.6 Å². The van der Waals surface area contributed by atoms with Gasteiger partial charge in [0.25, 0.3) is 5.56 Å². The van der Waals surface area contributed by atoms with Gasteiger partial charge in [0.05, 0.1) is 0 Å². The van der Waals surface area contributed by atoms with Gasteiger partial charge in [-0.2, -0.15) is 0 Å². The molecule has 1 aliphatic rings. The summed E-state index contributed by atoms with van der Waals surface area (Å²) in [5.41, 5.74) is 4.01. The normalized spacial score (nSPS) is 12.6. The van der Waals surface area contributed by atoms with Crippen molar-refractivity contribution in [1.82, 2.24) is 14.5 Å². The Hall–Kier alpha value is -3.61. The van der Waals surface area contributed by atoms with E-state index < -0.39 is 11.2 Å². The van der Waals surface area contributed by atoms with Gasteiger partial charge in [-0.1, -0.05) is 42.5 Å². The van der Waals surface area contributed by atoms with Crippen molar-refractivity contribution in [3.8, 4) is 0 Å². The molecular weight excluding hydrogens is 380 g/mol. The van der Waals surface area contributed by atoms with Crippen LogP contribution >= 0.6 is 0 Å². The first-order valence-electron chi connectivity index (χ1n) is 9.95. The molecule has 2 aromatic carbocycles. The highest BCUT2D eigenvalue weighted by atomic mass is 16.2. The summed E-state index contributed by atoms with van der Waals surface area (Å²) in [6, 6.07) is 18.0. The molecule has 7 heteroatoms. The van der Waals surface area contributed by atoms with E-state index in [0.29, 0.717) is 6.54 Å². The lowest BCUT2D eigenvalue weighted by molar-refractivity contribution is -0.121. The highest BCUT2D eigenvalue weighted by Crippen LogP contribution is 2.28. The molecule has 0 saturated carbocycles. The predicted octanol–water partition coefficient (Wildman–Crippen LogP) is 1.43. The van der Waals surface area contributed by atoms with Crippen molar-refractivity contribution in [2.24, 2.45) is 7.05 Å². The molecule has 0 spiro atoms. The lowest BCUT2D eigenvalue weighted by Crippen LogP contribution is -2.40. The Morgan fingerprint density at radius 3 is 2.53 bits per heavy atom. The van der Waals surface area contributed by atoms with E-state index in [-0.39, 0.29) is 12.5 Å². The molecule has 2 heterocycles. The number of amides is 1. The van der Waals surface area contributed by atoms with Gasteiger partial charge in [0.1, 0.15) is 6.54 Å². The number of hydrogen-bond donors (Lipinski definition) is 1. The van der Waals surface area contributed by atoms with Crippen molar-refractivity contribution in [1.29, 1.82) is 0 Å². The second kappa shape index (κ2) is 8.41. The third kappa shape index (κ3) is 4.20. The molecule has 30 heavy (non-hydrogen) atoms. The summed E-state index contributed by atoms with van der Waals surface area (Å²) in [4.78, 5) is 38.0. The monoisotopic (exact) mass is 404 g/mol. The van der Waals surface area contributed by atoms with E-state index in [1.54, 1.807) is 0 Å². The lowest BCUT2D eigenvalue weighted by Gasteiger charge is -2.19. The van der Waals surface area contributed by atoms with Crippen molar-refractivity contribution in [2.45, 2.75) is 26.1 Å². The smallest absolute Gasteiger partial charge is 0.331 e. The molecule has 0 atom stereocenters. The van der Waals surface area contributed by atoms with Crippen LogP contribution in [0.2, 0.25) is 0 Å². The van der Waals surface area contributed by atoms with Gasteiger partial charge in [-0.15, -0.1) is 0 Å². The van der Waals surface area contributed by atoms with E-state index in [2.05, 4.69) is 46.6 Å². The Labute approximate surface area is 174 Å². The number of fused-ring (bicyclic) bond motifs is 1. The van der Waals surface area contributed by atoms with Crippen LogP contribution in [0.15, 0.2) is 70.4 Å². The van der Waals surface area contributed by atoms with Crippen molar-refractivity contribution in [3.63, 3.8) is 0 Å². The molecular formula is C23H24N4O3. The fourth-order valence-corrected chi connectivity index (χ4v) is 3.70. The van der Waals surface area contributed by atoms with Gasteiger partial charge in [0.2, 0.25) is 5.91 Å². The minimum absolute atomic E-state index is 0.126. The minimum atomic E-state index is -0.509. The van der Waals surface area contributed by atoms with Crippen LogP contribution in [0.4, 0.5) is 5.69 Å². The van der Waals surface area contributed by atoms with Gasteiger partial charge in [-0.05, 0) is 29.2 Å². The molecule has 0 unspecified atom stereocenters. The first-order chi connectivity index (χ1) is 14.5. The number of benzene rings is 2. The number of nitrogens with one attached hydrogen (secondary N) is 1. The van der Waals surface area contributed by atoms with Gasteiger partial charge in [-0.3, -0.25) is 18.7 Å². The van der Waals surface area contributed by atoms with Crippen LogP contribution in [0.3, 0.4) is 0 Å². The number of rotatable bonds is 6. The molecule has 7 nitrogen and oxygen atoms in total. The van der Waals surface area contributed by atoms with E-state index in [1.807, 2.05) is 12.1 Å². The number of carbonyl (C=O) groups is 1. The standard InChI is InChI=1S/C23H24N4O3/c1-25-22(29)11-13-27(23(25)30)16-21(28)24-14-17-6-8-18(9-7-17)15-26-12-10-19-4-2-3-5-20(19)26/h2-9,11,13H,10,12,14-16H2,1H3,(H,24,28). The maximum Gasteiger partial charge on any atom is 0.331 e. The quantitative estimate of drug-likeness (QED) is 0.674. The van der Waals surface area contributed by atoms with E-state index >= 15 is 0 Å². The summed E-state index contributed by atoms with van der Waals surface area (Å²) in [6.45, 7) is 2.15. The molecule has 154 valence electrons. The molecule has 1 N–H and O–H groups in total. The number of anilines is 1. The third-order valence-corrected chi connectivity index (χ3v) is 5.44. The average molecular weight is 404 g/mol. The zero-order chi connectivity index (χ0) is 21.1. The van der Waals surface area contributed by atoms with Gasteiger partial charge in [0, 0.05) is 44.6 Å². The van der Waals surface area contributed by atoms with Crippen LogP contribution < -0.4 is 21.5 Å². The van der Waals surface area contributed by atoms with Crippen LogP contribution in [0.1, 0.15) is 16.7 Å². The number of carbonyl (C=O) groups excluding carboxylic acids is 1. The zero-order valence-electron chi connectivity index (χ0n) is 16.9. The summed E-state index contributed by atoms with van der Waals surface area (Å²) in [5, 5.41) is 2.82. The first-order valence-corrected chi connectivity index (χ1v) is 9.95. The Kier molecular flexibility index (Phi) is 5.52. The first kappa shape index (κ1) is 19.7. The topological polar surface area (TPSA) is 76.3 Å². The lowest BCUT2D eigenvalue weighted by atomic mass is 10.1. The predicted molar refractivity (Wildman–Crippen MR) is 115 cm³/mol. The largest absolute Gasteiger partial charge is 0.367 e. The number of para-hydroxylation sites is 1. The van der Waals surface area contributed by atoms with Crippen molar-refractivity contribution in [3.05, 3.63) is 98.3 Å². The van der Waals surface area contributed by atoms with Gasteiger partial charge >= 0.3 is 5.69 Å². The SMILES string of the molecule is Cn1c(=O)ccn(CC(=O)NCc2ccc(CN3CCc4ccccc43)cc2)c1=O. The Morgan fingerprint density at radius 2 is 1.73 bits per heavy atom. The highest BCUT2D eigenvalue weighted by molar-refractivity contribution is 5.75. The number of nitrogens with zero attached hydrogens (tertiary/aromatic N) is 3. The van der Waals surface area contributed by atoms with E-state index in [9.17, 15) is 14.4 Å². The minimum Gasteiger partial charge on any atom is -0.367 e. The van der Waals surface area contributed by atoms with Gasteiger partial charge in [0.15, 0.2) is 0 Å². The number of hydrogen-bond acceptors (Lipinski definition) is 4. The summed E-state index contributed by atoms with van der Waals surface area (Å²) in [5.74, 6) is -0.284. The molecule has 0 saturated heterocycles. The highest BCUT2D eigenvalue weighted by Gasteiger charge is 2.18. The Balaban J connectivity index is 1.32. The molecule has 0 radical (unpaired) electrons. The van der Waals surface area contributed by atoms with Crippen LogP contribution in [0, 0.1) is 0 Å². The van der Waals surface area contributed by atoms with Crippen LogP contribution in [0.25, 0.3) is 0 Å². The van der Waals surface area contributed by atoms with Crippen molar-refractivity contribution < 1.29 is 4.79 Å². The molecule has 1 aliphatic heterocycles. The van der Waals surface area contributed by atoms with E-state index in [4.69, 9.17) is 0 Å². The zero-order valence-corrected chi connectivity index (χ0v) is 16.9. The maximum atomic E-state index is 12.2. The molecule has 4 rings (SSSR count). The molecule has 1 amide bonds. The van der Waals surface area contributed by atoms with Crippen LogP contribution in [-0.4, -0.2) is 21.6 Å². The maximum absolute atomic E-state index is 12.2. The summed E-state index contributed by atoms with van der Waals surface area (Å²) < 4.78 is 2.19. The second-order valence-electron chi connectivity index (χ2n) is 7.52. The molecule has 0 fully saturated rings. The molecule has 3 aromatic rings. The average Bonchev–Trinajstić information content (AvgIpc) is 3.16. The van der Waals surface area contributed by atoms with Crippen LogP contribution in [-0.2, 0) is 37.9 Å².